The van der Waals surface area contributed by atoms with Gasteiger partial charge in [0, 0.05) is 44.4 Å². The largest absolute Gasteiger partial charge is 0.508 e. The Balaban J connectivity index is 1.47. The zero-order valence-electron chi connectivity index (χ0n) is 17.9. The number of anilines is 1. The standard InChI is InChI=1S/C24H27N3O4/c1-16(2)20-15-18-9-14-31-24(30)22(18)23(25-20)27-12-10-26(11-13-27)21(29)8-5-17-3-6-19(28)7-4-17/h3-8,15-16,28H,9-14H2,1-2H3. The van der Waals surface area contributed by atoms with Crippen LogP contribution < -0.4 is 4.90 Å². The number of piperazine rings is 1. The third-order valence-electron chi connectivity index (χ3n) is 5.70. The summed E-state index contributed by atoms with van der Waals surface area (Å²) in [5.41, 5.74) is 3.39. The molecule has 2 aromatic rings. The van der Waals surface area contributed by atoms with Crippen LogP contribution in [0.15, 0.2) is 36.4 Å². The molecule has 0 bridgehead atoms. The van der Waals surface area contributed by atoms with Crippen LogP contribution in [0.4, 0.5) is 5.82 Å². The van der Waals surface area contributed by atoms with E-state index in [2.05, 4.69) is 18.7 Å². The van der Waals surface area contributed by atoms with Crippen LogP contribution in [0.3, 0.4) is 0 Å². The number of ether oxygens (including phenoxy) is 1. The molecule has 1 N–H and O–H groups in total. The SMILES string of the molecule is CC(C)c1cc2c(c(N3CCN(C(=O)C=Cc4ccc(O)cc4)CC3)n1)C(=O)OCC2. The number of esters is 1. The van der Waals surface area contributed by atoms with E-state index in [0.29, 0.717) is 50.6 Å². The second-order valence-electron chi connectivity index (χ2n) is 8.18. The van der Waals surface area contributed by atoms with Gasteiger partial charge in [0.15, 0.2) is 0 Å². The van der Waals surface area contributed by atoms with Gasteiger partial charge in [0.2, 0.25) is 5.91 Å². The third-order valence-corrected chi connectivity index (χ3v) is 5.70. The Kier molecular flexibility index (Phi) is 5.93. The molecule has 0 unspecified atom stereocenters. The number of fused-ring (bicyclic) bond motifs is 1. The molecule has 31 heavy (non-hydrogen) atoms. The van der Waals surface area contributed by atoms with Crippen LogP contribution in [0, 0.1) is 0 Å². The lowest BCUT2D eigenvalue weighted by molar-refractivity contribution is -0.126. The number of carbonyl (C=O) groups excluding carboxylic acids is 2. The molecule has 2 aliphatic heterocycles. The van der Waals surface area contributed by atoms with Gasteiger partial charge in [-0.2, -0.15) is 0 Å². The monoisotopic (exact) mass is 421 g/mol. The Bertz CT molecular complexity index is 1010. The molecular weight excluding hydrogens is 394 g/mol. The third kappa shape index (κ3) is 4.55. The van der Waals surface area contributed by atoms with Crippen LogP contribution >= 0.6 is 0 Å². The number of aromatic nitrogens is 1. The van der Waals surface area contributed by atoms with E-state index in [-0.39, 0.29) is 23.5 Å². The van der Waals surface area contributed by atoms with Crippen molar-refractivity contribution in [2.24, 2.45) is 0 Å². The molecule has 0 atom stereocenters. The lowest BCUT2D eigenvalue weighted by Gasteiger charge is -2.36. The molecule has 1 saturated heterocycles. The zero-order valence-corrected chi connectivity index (χ0v) is 17.9. The van der Waals surface area contributed by atoms with E-state index in [9.17, 15) is 14.7 Å². The predicted octanol–water partition coefficient (Wildman–Crippen LogP) is 2.99. The molecule has 1 aromatic carbocycles. The van der Waals surface area contributed by atoms with Crippen molar-refractivity contribution in [3.05, 3.63) is 58.8 Å². The first-order valence-electron chi connectivity index (χ1n) is 10.6. The molecule has 1 aromatic heterocycles. The molecule has 162 valence electrons. The number of amides is 1. The Morgan fingerprint density at radius 1 is 1.16 bits per heavy atom. The van der Waals surface area contributed by atoms with Gasteiger partial charge in [-0.1, -0.05) is 26.0 Å². The number of nitrogens with zero attached hydrogens (tertiary/aromatic N) is 3. The molecule has 2 aliphatic rings. The molecule has 7 heteroatoms. The fourth-order valence-corrected chi connectivity index (χ4v) is 3.87. The van der Waals surface area contributed by atoms with Gasteiger partial charge < -0.3 is 19.6 Å². The number of aromatic hydroxyl groups is 1. The number of phenols is 1. The Labute approximate surface area is 182 Å². The molecule has 3 heterocycles. The maximum absolute atomic E-state index is 12.6. The van der Waals surface area contributed by atoms with Gasteiger partial charge >= 0.3 is 5.97 Å². The summed E-state index contributed by atoms with van der Waals surface area (Å²) in [4.78, 5) is 33.7. The van der Waals surface area contributed by atoms with Crippen LogP contribution in [0.25, 0.3) is 6.08 Å². The second kappa shape index (κ2) is 8.79. The summed E-state index contributed by atoms with van der Waals surface area (Å²) >= 11 is 0. The molecule has 0 aliphatic carbocycles. The average Bonchev–Trinajstić information content (AvgIpc) is 2.78. The van der Waals surface area contributed by atoms with E-state index in [1.807, 2.05) is 6.07 Å². The van der Waals surface area contributed by atoms with E-state index in [1.54, 1.807) is 41.3 Å². The first kappa shape index (κ1) is 20.9. The van der Waals surface area contributed by atoms with Crippen LogP contribution in [-0.2, 0) is 16.0 Å². The number of rotatable bonds is 4. The van der Waals surface area contributed by atoms with E-state index in [4.69, 9.17) is 9.72 Å². The fraction of sp³-hybridized carbons (Fsp3) is 0.375. The van der Waals surface area contributed by atoms with Crippen molar-refractivity contribution in [1.82, 2.24) is 9.88 Å². The van der Waals surface area contributed by atoms with Crippen molar-refractivity contribution in [2.45, 2.75) is 26.2 Å². The highest BCUT2D eigenvalue weighted by molar-refractivity contribution is 5.97. The Hall–Kier alpha value is -3.35. The minimum Gasteiger partial charge on any atom is -0.508 e. The highest BCUT2D eigenvalue weighted by atomic mass is 16.5. The Morgan fingerprint density at radius 3 is 2.55 bits per heavy atom. The number of hydrogen-bond donors (Lipinski definition) is 1. The summed E-state index contributed by atoms with van der Waals surface area (Å²) in [7, 11) is 0. The maximum Gasteiger partial charge on any atom is 0.342 e. The summed E-state index contributed by atoms with van der Waals surface area (Å²) in [6, 6.07) is 8.72. The van der Waals surface area contributed by atoms with Crippen molar-refractivity contribution < 1.29 is 19.4 Å². The molecule has 1 fully saturated rings. The van der Waals surface area contributed by atoms with Crippen molar-refractivity contribution in [3.63, 3.8) is 0 Å². The molecule has 0 saturated carbocycles. The van der Waals surface area contributed by atoms with Crippen LogP contribution in [0.1, 0.15) is 46.9 Å². The number of phenolic OH excluding ortho intramolecular Hbond substituents is 1. The van der Waals surface area contributed by atoms with Crippen LogP contribution in [0.5, 0.6) is 5.75 Å². The zero-order chi connectivity index (χ0) is 22.0. The summed E-state index contributed by atoms with van der Waals surface area (Å²) < 4.78 is 5.28. The van der Waals surface area contributed by atoms with E-state index in [1.165, 1.54) is 0 Å². The molecule has 4 rings (SSSR count). The van der Waals surface area contributed by atoms with Crippen LogP contribution in [-0.4, -0.2) is 59.7 Å². The number of benzene rings is 1. The topological polar surface area (TPSA) is 83.0 Å². The summed E-state index contributed by atoms with van der Waals surface area (Å²) in [6.07, 6.45) is 4.00. The quantitative estimate of drug-likeness (QED) is 0.604. The minimum atomic E-state index is -0.311. The smallest absolute Gasteiger partial charge is 0.342 e. The van der Waals surface area contributed by atoms with Gasteiger partial charge in [-0.15, -0.1) is 0 Å². The fourth-order valence-electron chi connectivity index (χ4n) is 3.87. The number of cyclic esters (lactones) is 1. The molecular formula is C24H27N3O4. The van der Waals surface area contributed by atoms with Crippen molar-refractivity contribution in [2.75, 3.05) is 37.7 Å². The van der Waals surface area contributed by atoms with E-state index < -0.39 is 0 Å². The predicted molar refractivity (Wildman–Crippen MR) is 118 cm³/mol. The van der Waals surface area contributed by atoms with Gasteiger partial charge in [0.05, 0.1) is 6.61 Å². The summed E-state index contributed by atoms with van der Waals surface area (Å²) in [5, 5.41) is 9.36. The van der Waals surface area contributed by atoms with Gasteiger partial charge in [-0.3, -0.25) is 4.79 Å². The minimum absolute atomic E-state index is 0.0574. The van der Waals surface area contributed by atoms with Crippen LogP contribution in [0.2, 0.25) is 0 Å². The molecule has 0 spiro atoms. The van der Waals surface area contributed by atoms with Crippen molar-refractivity contribution >= 4 is 23.8 Å². The number of pyridine rings is 1. The first-order chi connectivity index (χ1) is 14.9. The number of carbonyl (C=O) groups is 2. The van der Waals surface area contributed by atoms with Gasteiger partial charge in [-0.25, -0.2) is 9.78 Å². The Morgan fingerprint density at radius 2 is 1.87 bits per heavy atom. The highest BCUT2D eigenvalue weighted by Gasteiger charge is 2.30. The molecule has 0 radical (unpaired) electrons. The first-order valence-corrected chi connectivity index (χ1v) is 10.6. The molecule has 1 amide bonds. The normalized spacial score (nSPS) is 16.5. The molecule has 7 nitrogen and oxygen atoms in total. The van der Waals surface area contributed by atoms with Crippen molar-refractivity contribution in [3.8, 4) is 5.75 Å². The summed E-state index contributed by atoms with van der Waals surface area (Å²) in [6.45, 7) is 6.91. The highest BCUT2D eigenvalue weighted by Crippen LogP contribution is 2.30. The van der Waals surface area contributed by atoms with E-state index >= 15 is 0 Å². The lowest BCUT2D eigenvalue weighted by atomic mass is 9.98. The summed E-state index contributed by atoms with van der Waals surface area (Å²) in [5.74, 6) is 0.765. The number of hydrogen-bond acceptors (Lipinski definition) is 6. The average molecular weight is 421 g/mol. The van der Waals surface area contributed by atoms with Gasteiger partial charge in [-0.05, 0) is 41.3 Å². The lowest BCUT2D eigenvalue weighted by Crippen LogP contribution is -2.49. The van der Waals surface area contributed by atoms with Gasteiger partial charge in [0.25, 0.3) is 0 Å². The van der Waals surface area contributed by atoms with E-state index in [0.717, 1.165) is 16.8 Å². The van der Waals surface area contributed by atoms with Crippen molar-refractivity contribution in [1.29, 1.82) is 0 Å². The maximum atomic E-state index is 12.6. The second-order valence-corrected chi connectivity index (χ2v) is 8.18. The van der Waals surface area contributed by atoms with Gasteiger partial charge in [0.1, 0.15) is 17.1 Å².